The number of aliphatic hydroxyl groups excluding tert-OH is 1. The van der Waals surface area contributed by atoms with Crippen LogP contribution in [0.1, 0.15) is 5.56 Å². The highest BCUT2D eigenvalue weighted by molar-refractivity contribution is 9.10. The fraction of sp³-hybridized carbons (Fsp3) is 0.308. The summed E-state index contributed by atoms with van der Waals surface area (Å²) in [6, 6.07) is 9.90. The predicted molar refractivity (Wildman–Crippen MR) is 72.0 cm³/mol. The second-order valence-electron chi connectivity index (χ2n) is 4.04. The number of rotatable bonds is 6. The molecule has 0 aliphatic rings. The van der Waals surface area contributed by atoms with E-state index in [-0.39, 0.29) is 0 Å². The molecule has 18 heavy (non-hydrogen) atoms. The van der Waals surface area contributed by atoms with Gasteiger partial charge in [-0.1, -0.05) is 30.3 Å². The highest BCUT2D eigenvalue weighted by Gasteiger charge is 2.06. The van der Waals surface area contributed by atoms with E-state index in [0.29, 0.717) is 19.8 Å². The first-order chi connectivity index (χ1) is 8.74. The smallest absolute Gasteiger partial charge is 0.0969 e. The SMILES string of the molecule is OC(COCc1ccccc1)Cn1cc(Br)cn1. The van der Waals surface area contributed by atoms with E-state index in [4.69, 9.17) is 4.74 Å². The topological polar surface area (TPSA) is 47.3 Å². The molecule has 0 radical (unpaired) electrons. The Hall–Kier alpha value is -1.17. The summed E-state index contributed by atoms with van der Waals surface area (Å²) < 4.78 is 8.04. The van der Waals surface area contributed by atoms with E-state index in [1.54, 1.807) is 10.9 Å². The van der Waals surface area contributed by atoms with Crippen molar-refractivity contribution >= 4 is 15.9 Å². The second kappa shape index (κ2) is 6.68. The van der Waals surface area contributed by atoms with Crippen molar-refractivity contribution in [2.75, 3.05) is 6.61 Å². The molecule has 1 atom stereocenters. The molecule has 0 spiro atoms. The Balaban J connectivity index is 1.70. The molecular weight excluding hydrogens is 296 g/mol. The highest BCUT2D eigenvalue weighted by atomic mass is 79.9. The molecule has 0 saturated heterocycles. The van der Waals surface area contributed by atoms with Gasteiger partial charge in [-0.05, 0) is 21.5 Å². The number of aliphatic hydroxyl groups is 1. The van der Waals surface area contributed by atoms with Crippen molar-refractivity contribution in [1.82, 2.24) is 9.78 Å². The van der Waals surface area contributed by atoms with Gasteiger partial charge in [0.05, 0.1) is 36.5 Å². The van der Waals surface area contributed by atoms with Crippen LogP contribution in [0, 0.1) is 0 Å². The molecular formula is C13H15BrN2O2. The van der Waals surface area contributed by atoms with Gasteiger partial charge in [0, 0.05) is 6.20 Å². The van der Waals surface area contributed by atoms with E-state index in [0.717, 1.165) is 10.0 Å². The van der Waals surface area contributed by atoms with Crippen LogP contribution in [-0.2, 0) is 17.9 Å². The Morgan fingerprint density at radius 1 is 1.33 bits per heavy atom. The third-order valence-electron chi connectivity index (χ3n) is 2.42. The molecule has 0 saturated carbocycles. The fourth-order valence-corrected chi connectivity index (χ4v) is 1.92. The fourth-order valence-electron chi connectivity index (χ4n) is 1.59. The molecule has 4 nitrogen and oxygen atoms in total. The van der Waals surface area contributed by atoms with E-state index >= 15 is 0 Å². The lowest BCUT2D eigenvalue weighted by Crippen LogP contribution is -2.22. The average molecular weight is 311 g/mol. The van der Waals surface area contributed by atoms with Crippen molar-refractivity contribution in [3.05, 3.63) is 52.8 Å². The van der Waals surface area contributed by atoms with E-state index in [1.165, 1.54) is 0 Å². The lowest BCUT2D eigenvalue weighted by molar-refractivity contribution is 0.0187. The highest BCUT2D eigenvalue weighted by Crippen LogP contribution is 2.07. The largest absolute Gasteiger partial charge is 0.389 e. The average Bonchev–Trinajstić information content (AvgIpc) is 2.76. The Morgan fingerprint density at radius 2 is 2.11 bits per heavy atom. The van der Waals surface area contributed by atoms with Gasteiger partial charge in [-0.25, -0.2) is 0 Å². The maximum atomic E-state index is 9.79. The van der Waals surface area contributed by atoms with E-state index in [2.05, 4.69) is 21.0 Å². The molecule has 1 aromatic carbocycles. The molecule has 1 aromatic heterocycles. The number of aromatic nitrogens is 2. The first-order valence-corrected chi connectivity index (χ1v) is 6.51. The summed E-state index contributed by atoms with van der Waals surface area (Å²) >= 11 is 3.31. The van der Waals surface area contributed by atoms with E-state index in [1.807, 2.05) is 36.5 Å². The van der Waals surface area contributed by atoms with Crippen LogP contribution in [0.5, 0.6) is 0 Å². The van der Waals surface area contributed by atoms with Gasteiger partial charge in [-0.15, -0.1) is 0 Å². The van der Waals surface area contributed by atoms with Crippen LogP contribution < -0.4 is 0 Å². The summed E-state index contributed by atoms with van der Waals surface area (Å²) in [6.07, 6.45) is 2.96. The first-order valence-electron chi connectivity index (χ1n) is 5.72. The van der Waals surface area contributed by atoms with Crippen LogP contribution in [0.15, 0.2) is 47.2 Å². The molecule has 2 aromatic rings. The zero-order chi connectivity index (χ0) is 12.8. The Bertz CT molecular complexity index is 473. The van der Waals surface area contributed by atoms with Gasteiger partial charge in [0.1, 0.15) is 0 Å². The molecule has 1 unspecified atom stereocenters. The van der Waals surface area contributed by atoms with Crippen LogP contribution >= 0.6 is 15.9 Å². The molecule has 0 amide bonds. The van der Waals surface area contributed by atoms with Gasteiger partial charge in [0.15, 0.2) is 0 Å². The van der Waals surface area contributed by atoms with Gasteiger partial charge in [-0.2, -0.15) is 5.10 Å². The lowest BCUT2D eigenvalue weighted by atomic mass is 10.2. The first kappa shape index (κ1) is 13.3. The molecule has 0 bridgehead atoms. The zero-order valence-electron chi connectivity index (χ0n) is 9.87. The van der Waals surface area contributed by atoms with Crippen molar-refractivity contribution in [2.24, 2.45) is 0 Å². The minimum atomic E-state index is -0.555. The molecule has 1 heterocycles. The maximum absolute atomic E-state index is 9.79. The Labute approximate surface area is 114 Å². The molecule has 96 valence electrons. The normalized spacial score (nSPS) is 12.6. The lowest BCUT2D eigenvalue weighted by Gasteiger charge is -2.11. The number of halogens is 1. The van der Waals surface area contributed by atoms with Crippen molar-refractivity contribution in [1.29, 1.82) is 0 Å². The zero-order valence-corrected chi connectivity index (χ0v) is 11.5. The van der Waals surface area contributed by atoms with Crippen molar-refractivity contribution in [2.45, 2.75) is 19.3 Å². The van der Waals surface area contributed by atoms with Gasteiger partial charge in [0.25, 0.3) is 0 Å². The third kappa shape index (κ3) is 4.25. The van der Waals surface area contributed by atoms with Crippen molar-refractivity contribution in [3.8, 4) is 0 Å². The minimum Gasteiger partial charge on any atom is -0.389 e. The van der Waals surface area contributed by atoms with Crippen molar-refractivity contribution < 1.29 is 9.84 Å². The molecule has 2 rings (SSSR count). The summed E-state index contributed by atoms with van der Waals surface area (Å²) in [5.41, 5.74) is 1.10. The van der Waals surface area contributed by atoms with Crippen LogP contribution in [0.2, 0.25) is 0 Å². The van der Waals surface area contributed by atoms with Gasteiger partial charge >= 0.3 is 0 Å². The van der Waals surface area contributed by atoms with E-state index in [9.17, 15) is 5.11 Å². The number of benzene rings is 1. The van der Waals surface area contributed by atoms with Crippen LogP contribution in [0.3, 0.4) is 0 Å². The summed E-state index contributed by atoms with van der Waals surface area (Å²) in [6.45, 7) is 1.24. The minimum absolute atomic E-state index is 0.298. The summed E-state index contributed by atoms with van der Waals surface area (Å²) in [5, 5.41) is 13.9. The van der Waals surface area contributed by atoms with Gasteiger partial charge < -0.3 is 9.84 Å². The summed E-state index contributed by atoms with van der Waals surface area (Å²) in [5.74, 6) is 0. The molecule has 5 heteroatoms. The monoisotopic (exact) mass is 310 g/mol. The van der Waals surface area contributed by atoms with Crippen LogP contribution in [0.4, 0.5) is 0 Å². The number of ether oxygens (including phenoxy) is 1. The maximum Gasteiger partial charge on any atom is 0.0969 e. The van der Waals surface area contributed by atoms with Gasteiger partial charge in [0.2, 0.25) is 0 Å². The number of hydrogen-bond donors (Lipinski definition) is 1. The van der Waals surface area contributed by atoms with Crippen LogP contribution in [-0.4, -0.2) is 27.6 Å². The second-order valence-corrected chi connectivity index (χ2v) is 4.95. The van der Waals surface area contributed by atoms with Gasteiger partial charge in [-0.3, -0.25) is 4.68 Å². The number of nitrogens with zero attached hydrogens (tertiary/aromatic N) is 2. The Kier molecular flexibility index (Phi) is 4.92. The summed E-state index contributed by atoms with van der Waals surface area (Å²) in [4.78, 5) is 0. The molecule has 0 aliphatic carbocycles. The number of hydrogen-bond acceptors (Lipinski definition) is 3. The van der Waals surface area contributed by atoms with E-state index < -0.39 is 6.10 Å². The summed E-state index contributed by atoms with van der Waals surface area (Å²) in [7, 11) is 0. The standard InChI is InChI=1S/C13H15BrN2O2/c14-12-6-15-16(7-12)8-13(17)10-18-9-11-4-2-1-3-5-11/h1-7,13,17H,8-10H2. The van der Waals surface area contributed by atoms with Crippen LogP contribution in [0.25, 0.3) is 0 Å². The Morgan fingerprint density at radius 3 is 2.78 bits per heavy atom. The predicted octanol–water partition coefficient (Wildman–Crippen LogP) is 2.22. The quantitative estimate of drug-likeness (QED) is 0.890. The molecule has 0 aliphatic heterocycles. The molecule has 0 fully saturated rings. The third-order valence-corrected chi connectivity index (χ3v) is 2.83. The van der Waals surface area contributed by atoms with Crippen molar-refractivity contribution in [3.63, 3.8) is 0 Å². The molecule has 1 N–H and O–H groups in total.